The lowest BCUT2D eigenvalue weighted by molar-refractivity contribution is -0.134. The van der Waals surface area contributed by atoms with Gasteiger partial charge in [-0.05, 0) is 48.7 Å². The first-order valence-electron chi connectivity index (χ1n) is 12.9. The van der Waals surface area contributed by atoms with Crippen LogP contribution in [0.2, 0.25) is 0 Å². The molecule has 2 aliphatic heterocycles. The van der Waals surface area contributed by atoms with Gasteiger partial charge in [0.15, 0.2) is 0 Å². The summed E-state index contributed by atoms with van der Waals surface area (Å²) in [6.45, 7) is 9.14. The molecule has 0 unspecified atom stereocenters. The van der Waals surface area contributed by atoms with Gasteiger partial charge in [0.2, 0.25) is 11.8 Å². The molecule has 0 spiro atoms. The first-order valence-corrected chi connectivity index (χ1v) is 12.9. The highest BCUT2D eigenvalue weighted by molar-refractivity contribution is 5.93. The molecule has 2 amide bonds. The van der Waals surface area contributed by atoms with Crippen molar-refractivity contribution in [3.05, 3.63) is 59.7 Å². The quantitative estimate of drug-likeness (QED) is 0.645. The molecule has 0 radical (unpaired) electrons. The molecule has 1 N–H and O–H groups in total. The number of carbonyl (C=O) groups excluding carboxylic acids is 2. The average molecular weight is 489 g/mol. The van der Waals surface area contributed by atoms with Crippen molar-refractivity contribution in [2.24, 2.45) is 0 Å². The number of hydrogen-bond acceptors (Lipinski definition) is 6. The van der Waals surface area contributed by atoms with E-state index in [0.29, 0.717) is 44.8 Å². The fraction of sp³-hybridized carbons (Fsp3) is 0.464. The zero-order valence-corrected chi connectivity index (χ0v) is 21.2. The Labute approximate surface area is 214 Å². The van der Waals surface area contributed by atoms with Crippen molar-refractivity contribution in [3.8, 4) is 6.07 Å². The Morgan fingerprint density at radius 2 is 1.56 bits per heavy atom. The van der Waals surface area contributed by atoms with Gasteiger partial charge in [-0.15, -0.1) is 0 Å². The number of rotatable bonds is 7. The predicted octanol–water partition coefficient (Wildman–Crippen LogP) is 2.42. The number of anilines is 2. The molecule has 0 aromatic heterocycles. The Morgan fingerprint density at radius 1 is 0.861 bits per heavy atom. The van der Waals surface area contributed by atoms with Crippen LogP contribution >= 0.6 is 0 Å². The van der Waals surface area contributed by atoms with Gasteiger partial charge in [0.1, 0.15) is 0 Å². The monoisotopic (exact) mass is 488 g/mol. The summed E-state index contributed by atoms with van der Waals surface area (Å²) in [6, 6.07) is 17.8. The van der Waals surface area contributed by atoms with E-state index in [1.165, 1.54) is 0 Å². The number of amides is 2. The van der Waals surface area contributed by atoms with Gasteiger partial charge in [0, 0.05) is 63.7 Å². The van der Waals surface area contributed by atoms with Gasteiger partial charge in [0.05, 0.1) is 24.7 Å². The van der Waals surface area contributed by atoms with Crippen molar-refractivity contribution in [3.63, 3.8) is 0 Å². The maximum absolute atomic E-state index is 13.0. The minimum absolute atomic E-state index is 0.00735. The van der Waals surface area contributed by atoms with Crippen LogP contribution < -0.4 is 10.2 Å². The van der Waals surface area contributed by atoms with Crippen LogP contribution in [0.3, 0.4) is 0 Å². The highest BCUT2D eigenvalue weighted by Crippen LogP contribution is 2.18. The number of nitriles is 1. The van der Waals surface area contributed by atoms with E-state index >= 15 is 0 Å². The van der Waals surface area contributed by atoms with Crippen LogP contribution in [0.15, 0.2) is 48.5 Å². The summed E-state index contributed by atoms with van der Waals surface area (Å²) in [7, 11) is 0. The Bertz CT molecular complexity index is 1070. The first kappa shape index (κ1) is 25.7. The van der Waals surface area contributed by atoms with E-state index in [1.54, 1.807) is 0 Å². The van der Waals surface area contributed by atoms with Gasteiger partial charge in [-0.2, -0.15) is 5.26 Å². The number of piperazine rings is 1. The maximum Gasteiger partial charge on any atom is 0.238 e. The lowest BCUT2D eigenvalue weighted by atomic mass is 10.1. The van der Waals surface area contributed by atoms with Crippen LogP contribution in [-0.4, -0.2) is 92.0 Å². The van der Waals surface area contributed by atoms with Gasteiger partial charge in [-0.25, -0.2) is 0 Å². The number of hydrogen-bond donors (Lipinski definition) is 1. The first-order chi connectivity index (χ1) is 17.6. The molecule has 36 heavy (non-hydrogen) atoms. The lowest BCUT2D eigenvalue weighted by Gasteiger charge is -2.35. The normalized spacial score (nSPS) is 17.3. The van der Waals surface area contributed by atoms with E-state index in [4.69, 9.17) is 5.26 Å². The summed E-state index contributed by atoms with van der Waals surface area (Å²) in [5, 5.41) is 12.0. The van der Waals surface area contributed by atoms with Crippen LogP contribution in [0.5, 0.6) is 0 Å². The fourth-order valence-corrected chi connectivity index (χ4v) is 4.92. The summed E-state index contributed by atoms with van der Waals surface area (Å²) in [5.41, 5.74) is 3.81. The SMILES string of the molecule is CCc1ccccc1NC(=O)CN1CCN(C(=O)CN2CCCN(c3ccc(C#N)cc3)CC2)CC1. The minimum Gasteiger partial charge on any atom is -0.370 e. The topological polar surface area (TPSA) is 82.9 Å². The molecule has 4 rings (SSSR count). The summed E-state index contributed by atoms with van der Waals surface area (Å²) in [5.74, 6) is 0.162. The number of nitrogens with one attached hydrogen (secondary N) is 1. The summed E-state index contributed by atoms with van der Waals surface area (Å²) in [6.07, 6.45) is 1.87. The number of para-hydroxylation sites is 1. The van der Waals surface area contributed by atoms with Crippen LogP contribution in [0.1, 0.15) is 24.5 Å². The largest absolute Gasteiger partial charge is 0.370 e. The smallest absolute Gasteiger partial charge is 0.238 e. The molecule has 190 valence electrons. The van der Waals surface area contributed by atoms with E-state index in [0.717, 1.165) is 56.0 Å². The highest BCUT2D eigenvalue weighted by Gasteiger charge is 2.25. The summed E-state index contributed by atoms with van der Waals surface area (Å²) in [4.78, 5) is 34.2. The maximum atomic E-state index is 13.0. The van der Waals surface area contributed by atoms with Gasteiger partial charge in [0.25, 0.3) is 0 Å². The van der Waals surface area contributed by atoms with Crippen molar-refractivity contribution in [1.82, 2.24) is 14.7 Å². The van der Waals surface area contributed by atoms with Gasteiger partial charge < -0.3 is 15.1 Å². The molecule has 0 bridgehead atoms. The van der Waals surface area contributed by atoms with E-state index in [-0.39, 0.29) is 11.8 Å². The Kier molecular flexibility index (Phi) is 8.93. The predicted molar refractivity (Wildman–Crippen MR) is 142 cm³/mol. The molecule has 0 atom stereocenters. The molecule has 2 aliphatic rings. The Hall–Kier alpha value is -3.41. The molecule has 8 heteroatoms. The molecular weight excluding hydrogens is 452 g/mol. The number of carbonyl (C=O) groups is 2. The average Bonchev–Trinajstić information content (AvgIpc) is 3.15. The zero-order valence-electron chi connectivity index (χ0n) is 21.2. The van der Waals surface area contributed by atoms with E-state index in [9.17, 15) is 9.59 Å². The van der Waals surface area contributed by atoms with Crippen LogP contribution in [0.4, 0.5) is 11.4 Å². The number of benzene rings is 2. The molecule has 2 heterocycles. The summed E-state index contributed by atoms with van der Waals surface area (Å²) < 4.78 is 0. The number of nitrogens with zero attached hydrogens (tertiary/aromatic N) is 5. The minimum atomic E-state index is -0.00735. The van der Waals surface area contributed by atoms with Crippen LogP contribution in [0, 0.1) is 11.3 Å². The van der Waals surface area contributed by atoms with Gasteiger partial charge >= 0.3 is 0 Å². The molecule has 2 saturated heterocycles. The molecule has 0 aliphatic carbocycles. The van der Waals surface area contributed by atoms with E-state index in [2.05, 4.69) is 33.0 Å². The van der Waals surface area contributed by atoms with Crippen molar-refractivity contribution in [2.75, 3.05) is 75.7 Å². The van der Waals surface area contributed by atoms with Crippen molar-refractivity contribution < 1.29 is 9.59 Å². The highest BCUT2D eigenvalue weighted by atomic mass is 16.2. The molecule has 2 fully saturated rings. The van der Waals surface area contributed by atoms with Gasteiger partial charge in [-0.1, -0.05) is 25.1 Å². The van der Waals surface area contributed by atoms with Crippen molar-refractivity contribution >= 4 is 23.2 Å². The third-order valence-electron chi connectivity index (χ3n) is 7.07. The zero-order chi connectivity index (χ0) is 25.3. The summed E-state index contributed by atoms with van der Waals surface area (Å²) >= 11 is 0. The van der Waals surface area contributed by atoms with Crippen molar-refractivity contribution in [2.45, 2.75) is 19.8 Å². The molecule has 8 nitrogen and oxygen atoms in total. The second-order valence-electron chi connectivity index (χ2n) is 9.49. The fourth-order valence-electron chi connectivity index (χ4n) is 4.92. The van der Waals surface area contributed by atoms with Crippen LogP contribution in [0.25, 0.3) is 0 Å². The molecule has 2 aromatic rings. The molecule has 2 aromatic carbocycles. The van der Waals surface area contributed by atoms with E-state index < -0.39 is 0 Å². The second kappa shape index (κ2) is 12.5. The third-order valence-corrected chi connectivity index (χ3v) is 7.07. The Balaban J connectivity index is 1.19. The molecular formula is C28H36N6O2. The van der Waals surface area contributed by atoms with E-state index in [1.807, 2.05) is 53.4 Å². The standard InChI is InChI=1S/C28H36N6O2/c1-2-24-6-3-4-7-26(24)30-27(35)21-32-15-18-34(19-16-32)28(36)22-31-12-5-13-33(17-14-31)25-10-8-23(20-29)9-11-25/h3-4,6-11H,2,5,12-19,21-22H2,1H3,(H,30,35). The Morgan fingerprint density at radius 3 is 2.28 bits per heavy atom. The second-order valence-corrected chi connectivity index (χ2v) is 9.49. The van der Waals surface area contributed by atoms with Crippen LogP contribution in [-0.2, 0) is 16.0 Å². The number of aryl methyl sites for hydroxylation is 1. The van der Waals surface area contributed by atoms with Crippen molar-refractivity contribution in [1.29, 1.82) is 5.26 Å². The molecule has 0 saturated carbocycles. The lowest BCUT2D eigenvalue weighted by Crippen LogP contribution is -2.52. The third kappa shape index (κ3) is 6.84. The van der Waals surface area contributed by atoms with Gasteiger partial charge in [-0.3, -0.25) is 19.4 Å².